The zero-order valence-corrected chi connectivity index (χ0v) is 13.1. The van der Waals surface area contributed by atoms with Gasteiger partial charge in [-0.3, -0.25) is 0 Å². The molecule has 23 heavy (non-hydrogen) atoms. The van der Waals surface area contributed by atoms with Crippen LogP contribution in [0.2, 0.25) is 0 Å². The Kier molecular flexibility index (Phi) is 3.23. The van der Waals surface area contributed by atoms with Gasteiger partial charge >= 0.3 is 0 Å². The molecule has 3 aromatic rings. The lowest BCUT2D eigenvalue weighted by molar-refractivity contribution is 0.439. The van der Waals surface area contributed by atoms with Gasteiger partial charge in [-0.05, 0) is 42.7 Å². The van der Waals surface area contributed by atoms with Gasteiger partial charge < -0.3 is 10.1 Å². The van der Waals surface area contributed by atoms with E-state index < -0.39 is 0 Å². The molecule has 1 aliphatic rings. The number of benzene rings is 2. The van der Waals surface area contributed by atoms with Crippen LogP contribution in [0.1, 0.15) is 22.3 Å². The van der Waals surface area contributed by atoms with Crippen molar-refractivity contribution in [3.8, 4) is 11.6 Å². The molecule has 0 spiro atoms. The number of ether oxygens (including phenoxy) is 1. The minimum absolute atomic E-state index is 0.631. The first-order chi connectivity index (χ1) is 11.2. The first-order valence-corrected chi connectivity index (χ1v) is 7.64. The van der Waals surface area contributed by atoms with E-state index in [0.29, 0.717) is 5.88 Å². The van der Waals surface area contributed by atoms with Crippen molar-refractivity contribution in [1.29, 1.82) is 0 Å². The lowest BCUT2D eigenvalue weighted by atomic mass is 10.0. The average Bonchev–Trinajstić information content (AvgIpc) is 2.57. The maximum absolute atomic E-state index is 5.92. The fraction of sp³-hybridized carbons (Fsp3) is 0.158. The van der Waals surface area contributed by atoms with Crippen molar-refractivity contribution in [2.75, 3.05) is 5.32 Å². The van der Waals surface area contributed by atoms with Gasteiger partial charge in [0.2, 0.25) is 5.88 Å². The summed E-state index contributed by atoms with van der Waals surface area (Å²) >= 11 is 0. The molecule has 0 saturated heterocycles. The topological polar surface area (TPSA) is 47.0 Å². The minimum atomic E-state index is 0.631. The molecule has 1 aliphatic heterocycles. The quantitative estimate of drug-likeness (QED) is 0.591. The summed E-state index contributed by atoms with van der Waals surface area (Å²) in [6, 6.07) is 14.4. The van der Waals surface area contributed by atoms with Crippen LogP contribution in [0.4, 0.5) is 11.5 Å². The predicted octanol–water partition coefficient (Wildman–Crippen LogP) is 4.53. The highest BCUT2D eigenvalue weighted by Gasteiger charge is 2.21. The number of fused-ring (bicyclic) bond motifs is 2. The van der Waals surface area contributed by atoms with E-state index in [1.165, 1.54) is 11.1 Å². The number of aryl methyl sites for hydroxylation is 2. The van der Waals surface area contributed by atoms with Crippen molar-refractivity contribution in [1.82, 2.24) is 9.97 Å². The molecule has 1 aromatic heterocycles. The number of para-hydroxylation sites is 1. The molecule has 0 amide bonds. The summed E-state index contributed by atoms with van der Waals surface area (Å²) in [4.78, 5) is 8.72. The van der Waals surface area contributed by atoms with Gasteiger partial charge in [0.25, 0.3) is 0 Å². The van der Waals surface area contributed by atoms with E-state index in [4.69, 9.17) is 4.74 Å². The summed E-state index contributed by atoms with van der Waals surface area (Å²) < 4.78 is 5.92. The molecule has 0 fully saturated rings. The van der Waals surface area contributed by atoms with Crippen molar-refractivity contribution in [2.45, 2.75) is 20.3 Å². The van der Waals surface area contributed by atoms with Crippen LogP contribution in [0.15, 0.2) is 48.8 Å². The van der Waals surface area contributed by atoms with E-state index in [2.05, 4.69) is 53.4 Å². The lowest BCUT2D eigenvalue weighted by Gasteiger charge is -2.21. The molecule has 0 saturated carbocycles. The number of rotatable bonds is 2. The molecular formula is C19H17N3O. The van der Waals surface area contributed by atoms with Gasteiger partial charge in [-0.2, -0.15) is 0 Å². The Bertz CT molecular complexity index is 890. The van der Waals surface area contributed by atoms with Gasteiger partial charge in [0.15, 0.2) is 0 Å². The van der Waals surface area contributed by atoms with Gasteiger partial charge in [0.1, 0.15) is 17.9 Å². The fourth-order valence-corrected chi connectivity index (χ4v) is 2.79. The standard InChI is InChI=1S/C19H17N3O/c1-12-7-8-13(2)16(9-12)22-18-15-10-14-5-3-4-6-17(14)23-19(15)21-11-20-18/h3-9,11H,10H2,1-2H3,(H,20,21,22). The third kappa shape index (κ3) is 2.52. The van der Waals surface area contributed by atoms with Crippen LogP contribution in [0.3, 0.4) is 0 Å². The SMILES string of the molecule is Cc1ccc(C)c(Nc2ncnc3c2Cc2ccccc2O3)c1. The van der Waals surface area contributed by atoms with Crippen molar-refractivity contribution in [3.63, 3.8) is 0 Å². The minimum Gasteiger partial charge on any atom is -0.438 e. The van der Waals surface area contributed by atoms with Crippen LogP contribution in [-0.4, -0.2) is 9.97 Å². The number of hydrogen-bond acceptors (Lipinski definition) is 4. The normalized spacial score (nSPS) is 12.1. The molecule has 4 heteroatoms. The second-order valence-electron chi connectivity index (χ2n) is 5.84. The molecule has 4 nitrogen and oxygen atoms in total. The van der Waals surface area contributed by atoms with E-state index in [1.54, 1.807) is 6.33 Å². The monoisotopic (exact) mass is 303 g/mol. The van der Waals surface area contributed by atoms with E-state index >= 15 is 0 Å². The summed E-state index contributed by atoms with van der Waals surface area (Å²) in [7, 11) is 0. The van der Waals surface area contributed by atoms with E-state index in [-0.39, 0.29) is 0 Å². The van der Waals surface area contributed by atoms with Crippen molar-refractivity contribution in [3.05, 3.63) is 71.0 Å². The van der Waals surface area contributed by atoms with Crippen LogP contribution in [0.25, 0.3) is 0 Å². The molecule has 0 atom stereocenters. The highest BCUT2D eigenvalue weighted by molar-refractivity contribution is 5.66. The first kappa shape index (κ1) is 13.8. The Hall–Kier alpha value is -2.88. The molecule has 114 valence electrons. The number of nitrogens with zero attached hydrogens (tertiary/aromatic N) is 2. The number of nitrogens with one attached hydrogen (secondary N) is 1. The molecule has 0 bridgehead atoms. The maximum Gasteiger partial charge on any atom is 0.227 e. The number of aromatic nitrogens is 2. The van der Waals surface area contributed by atoms with Gasteiger partial charge in [-0.25, -0.2) is 9.97 Å². The molecule has 4 rings (SSSR count). The first-order valence-electron chi connectivity index (χ1n) is 7.64. The van der Waals surface area contributed by atoms with E-state index in [9.17, 15) is 0 Å². The zero-order valence-electron chi connectivity index (χ0n) is 13.1. The molecule has 0 aliphatic carbocycles. The third-order valence-electron chi connectivity index (χ3n) is 4.10. The third-order valence-corrected chi connectivity index (χ3v) is 4.10. The molecule has 0 unspecified atom stereocenters. The highest BCUT2D eigenvalue weighted by Crippen LogP contribution is 2.38. The molecule has 2 aromatic carbocycles. The van der Waals surface area contributed by atoms with Crippen LogP contribution in [-0.2, 0) is 6.42 Å². The van der Waals surface area contributed by atoms with Crippen LogP contribution < -0.4 is 10.1 Å². The molecule has 1 N–H and O–H groups in total. The summed E-state index contributed by atoms with van der Waals surface area (Å²) in [5, 5.41) is 3.44. The Morgan fingerprint density at radius 3 is 2.83 bits per heavy atom. The summed E-state index contributed by atoms with van der Waals surface area (Å²) in [5.41, 5.74) is 5.60. The van der Waals surface area contributed by atoms with E-state index in [1.807, 2.05) is 18.2 Å². The summed E-state index contributed by atoms with van der Waals surface area (Å²) in [5.74, 6) is 2.31. The summed E-state index contributed by atoms with van der Waals surface area (Å²) in [6.45, 7) is 4.17. The Labute approximate surface area is 135 Å². The van der Waals surface area contributed by atoms with Crippen molar-refractivity contribution < 1.29 is 4.74 Å². The Morgan fingerprint density at radius 2 is 1.91 bits per heavy atom. The van der Waals surface area contributed by atoms with Crippen molar-refractivity contribution >= 4 is 11.5 Å². The van der Waals surface area contributed by atoms with Crippen molar-refractivity contribution in [2.24, 2.45) is 0 Å². The maximum atomic E-state index is 5.92. The molecule has 0 radical (unpaired) electrons. The second-order valence-corrected chi connectivity index (χ2v) is 5.84. The smallest absolute Gasteiger partial charge is 0.227 e. The van der Waals surface area contributed by atoms with Gasteiger partial charge in [0.05, 0.1) is 5.56 Å². The average molecular weight is 303 g/mol. The lowest BCUT2D eigenvalue weighted by Crippen LogP contribution is -2.09. The second kappa shape index (κ2) is 5.39. The van der Waals surface area contributed by atoms with Gasteiger partial charge in [-0.1, -0.05) is 30.3 Å². The highest BCUT2D eigenvalue weighted by atomic mass is 16.5. The predicted molar refractivity (Wildman–Crippen MR) is 90.6 cm³/mol. The Balaban J connectivity index is 1.74. The van der Waals surface area contributed by atoms with Crippen LogP contribution in [0, 0.1) is 13.8 Å². The number of anilines is 2. The summed E-state index contributed by atoms with van der Waals surface area (Å²) in [6.07, 6.45) is 2.31. The zero-order chi connectivity index (χ0) is 15.8. The molecular weight excluding hydrogens is 286 g/mol. The fourth-order valence-electron chi connectivity index (χ4n) is 2.79. The van der Waals surface area contributed by atoms with E-state index in [0.717, 1.165) is 34.8 Å². The largest absolute Gasteiger partial charge is 0.438 e. The number of hydrogen-bond donors (Lipinski definition) is 1. The molecule has 2 heterocycles. The van der Waals surface area contributed by atoms with Crippen LogP contribution >= 0.6 is 0 Å². The van der Waals surface area contributed by atoms with Gasteiger partial charge in [-0.15, -0.1) is 0 Å². The van der Waals surface area contributed by atoms with Crippen LogP contribution in [0.5, 0.6) is 11.6 Å². The van der Waals surface area contributed by atoms with Gasteiger partial charge in [0, 0.05) is 12.1 Å². The Morgan fingerprint density at radius 1 is 1.04 bits per heavy atom.